The van der Waals surface area contributed by atoms with Crippen LogP contribution in [0, 0.1) is 0 Å². The maximum Gasteiger partial charge on any atom is 0.190 e. The molecule has 1 atom stereocenters. The van der Waals surface area contributed by atoms with Gasteiger partial charge in [-0.25, -0.2) is 0 Å². The quantitative estimate of drug-likeness (QED) is 0.617. The lowest BCUT2D eigenvalue weighted by Gasteiger charge is -2.26. The van der Waals surface area contributed by atoms with Crippen LogP contribution in [0.5, 0.6) is 5.75 Å². The molecule has 0 aliphatic rings. The molecule has 0 saturated carbocycles. The number of likely N-dealkylation sites (N-methyl/N-ethyl adjacent to an activating group) is 1. The Morgan fingerprint density at radius 3 is 2.37 bits per heavy atom. The van der Waals surface area contributed by atoms with Gasteiger partial charge in [0.25, 0.3) is 0 Å². The zero-order chi connectivity index (χ0) is 14.3. The molecule has 2 N–H and O–H groups in total. The number of hydrogen-bond acceptors (Lipinski definition) is 3. The maximum atomic E-state index is 5.18. The van der Waals surface area contributed by atoms with Crippen molar-refractivity contribution in [3.05, 3.63) is 29.8 Å². The molecule has 0 saturated heterocycles. The molecule has 1 rings (SSSR count). The van der Waals surface area contributed by atoms with Crippen molar-refractivity contribution in [3.63, 3.8) is 0 Å². The molecule has 0 spiro atoms. The molecule has 0 aliphatic heterocycles. The van der Waals surface area contributed by atoms with Crippen molar-refractivity contribution in [2.75, 3.05) is 41.8 Å². The van der Waals surface area contributed by atoms with E-state index in [9.17, 15) is 0 Å². The van der Waals surface area contributed by atoms with Crippen LogP contribution in [0.2, 0.25) is 0 Å². The number of methoxy groups -OCH3 is 1. The molecule has 0 aromatic heterocycles. The van der Waals surface area contributed by atoms with Crippen molar-refractivity contribution < 1.29 is 4.74 Å². The lowest BCUT2D eigenvalue weighted by atomic mass is 10.1. The summed E-state index contributed by atoms with van der Waals surface area (Å²) in [4.78, 5) is 6.29. The Bertz CT molecular complexity index is 400. The van der Waals surface area contributed by atoms with Crippen LogP contribution < -0.4 is 15.4 Å². The molecule has 0 unspecified atom stereocenters. The molecule has 1 aromatic carbocycles. The van der Waals surface area contributed by atoms with E-state index in [0.717, 1.165) is 18.3 Å². The summed E-state index contributed by atoms with van der Waals surface area (Å²) in [6, 6.07) is 8.42. The zero-order valence-electron chi connectivity index (χ0n) is 12.4. The summed E-state index contributed by atoms with van der Waals surface area (Å²) in [5.41, 5.74) is 1.24. The lowest BCUT2D eigenvalue weighted by molar-refractivity contribution is 0.298. The predicted molar refractivity (Wildman–Crippen MR) is 79.8 cm³/mol. The van der Waals surface area contributed by atoms with Crippen molar-refractivity contribution >= 4 is 5.96 Å². The second-order valence-corrected chi connectivity index (χ2v) is 4.46. The van der Waals surface area contributed by atoms with Gasteiger partial charge in [-0.05, 0) is 31.8 Å². The lowest BCUT2D eigenvalue weighted by Crippen LogP contribution is -2.40. The van der Waals surface area contributed by atoms with E-state index >= 15 is 0 Å². The van der Waals surface area contributed by atoms with E-state index in [1.165, 1.54) is 5.56 Å². The fourth-order valence-corrected chi connectivity index (χ4v) is 1.90. The fourth-order valence-electron chi connectivity index (χ4n) is 1.90. The van der Waals surface area contributed by atoms with Crippen LogP contribution in [0.1, 0.15) is 11.6 Å². The van der Waals surface area contributed by atoms with Crippen molar-refractivity contribution in [1.82, 2.24) is 15.5 Å². The first-order valence-electron chi connectivity index (χ1n) is 6.31. The maximum absolute atomic E-state index is 5.18. The van der Waals surface area contributed by atoms with Gasteiger partial charge in [0, 0.05) is 20.6 Å². The minimum atomic E-state index is 0.274. The van der Waals surface area contributed by atoms with Crippen LogP contribution in [0.15, 0.2) is 29.3 Å². The van der Waals surface area contributed by atoms with Crippen LogP contribution in [-0.4, -0.2) is 52.7 Å². The molecule has 0 amide bonds. The molecular weight excluding hydrogens is 240 g/mol. The van der Waals surface area contributed by atoms with Crippen molar-refractivity contribution in [1.29, 1.82) is 0 Å². The average Bonchev–Trinajstić information content (AvgIpc) is 2.43. The highest BCUT2D eigenvalue weighted by atomic mass is 16.5. The van der Waals surface area contributed by atoms with Gasteiger partial charge in [-0.1, -0.05) is 12.1 Å². The summed E-state index contributed by atoms with van der Waals surface area (Å²) >= 11 is 0. The number of hydrogen-bond donors (Lipinski definition) is 2. The summed E-state index contributed by atoms with van der Waals surface area (Å²) in [6.45, 7) is 0.785. The minimum absolute atomic E-state index is 0.274. The molecular formula is C14H24N4O. The third-order valence-electron chi connectivity index (χ3n) is 3.05. The van der Waals surface area contributed by atoms with Crippen LogP contribution in [0.3, 0.4) is 0 Å². The molecule has 0 aliphatic carbocycles. The van der Waals surface area contributed by atoms with E-state index in [2.05, 4.69) is 46.8 Å². The molecule has 5 heteroatoms. The smallest absolute Gasteiger partial charge is 0.190 e. The van der Waals surface area contributed by atoms with E-state index in [-0.39, 0.29) is 6.04 Å². The molecule has 19 heavy (non-hydrogen) atoms. The molecule has 1 aromatic rings. The topological polar surface area (TPSA) is 48.9 Å². The normalized spacial score (nSPS) is 13.3. The van der Waals surface area contributed by atoms with Crippen LogP contribution in [-0.2, 0) is 0 Å². The summed E-state index contributed by atoms with van der Waals surface area (Å²) in [7, 11) is 9.43. The molecule has 5 nitrogen and oxygen atoms in total. The van der Waals surface area contributed by atoms with E-state index in [0.29, 0.717) is 0 Å². The van der Waals surface area contributed by atoms with Crippen molar-refractivity contribution in [3.8, 4) is 5.75 Å². The zero-order valence-corrected chi connectivity index (χ0v) is 12.4. The van der Waals surface area contributed by atoms with Crippen LogP contribution >= 0.6 is 0 Å². The first-order valence-corrected chi connectivity index (χ1v) is 6.31. The van der Waals surface area contributed by atoms with E-state index in [4.69, 9.17) is 4.74 Å². The van der Waals surface area contributed by atoms with Gasteiger partial charge >= 0.3 is 0 Å². The molecule has 0 fully saturated rings. The number of nitrogens with one attached hydrogen (secondary N) is 2. The number of benzene rings is 1. The molecule has 0 bridgehead atoms. The monoisotopic (exact) mass is 264 g/mol. The summed E-state index contributed by atoms with van der Waals surface area (Å²) < 4.78 is 5.18. The second-order valence-electron chi connectivity index (χ2n) is 4.46. The fraction of sp³-hybridized carbons (Fsp3) is 0.500. The molecule has 0 heterocycles. The predicted octanol–water partition coefficient (Wildman–Crippen LogP) is 1.09. The Labute approximate surface area is 115 Å². The Hall–Kier alpha value is -1.75. The van der Waals surface area contributed by atoms with E-state index in [1.54, 1.807) is 14.2 Å². The van der Waals surface area contributed by atoms with E-state index in [1.807, 2.05) is 19.2 Å². The van der Waals surface area contributed by atoms with Crippen molar-refractivity contribution in [2.24, 2.45) is 4.99 Å². The SMILES string of the molecule is CN=C(NC)NC[C@@H](c1ccc(OC)cc1)N(C)C. The second kappa shape index (κ2) is 7.63. The third-order valence-corrected chi connectivity index (χ3v) is 3.05. The van der Waals surface area contributed by atoms with Gasteiger partial charge in [-0.15, -0.1) is 0 Å². The van der Waals surface area contributed by atoms with Gasteiger partial charge in [0.2, 0.25) is 0 Å². The first kappa shape index (κ1) is 15.3. The van der Waals surface area contributed by atoms with Gasteiger partial charge < -0.3 is 20.3 Å². The number of rotatable bonds is 5. The van der Waals surface area contributed by atoms with Gasteiger partial charge in [0.05, 0.1) is 13.2 Å². The third kappa shape index (κ3) is 4.44. The largest absolute Gasteiger partial charge is 0.497 e. The standard InChI is InChI=1S/C14H24N4O/c1-15-14(16-2)17-10-13(18(3)4)11-6-8-12(19-5)9-7-11/h6-9,13H,10H2,1-5H3,(H2,15,16,17)/t13-/m0/s1. The van der Waals surface area contributed by atoms with Crippen LogP contribution in [0.25, 0.3) is 0 Å². The molecule has 106 valence electrons. The number of nitrogens with zero attached hydrogens (tertiary/aromatic N) is 2. The minimum Gasteiger partial charge on any atom is -0.497 e. The molecule has 0 radical (unpaired) electrons. The van der Waals surface area contributed by atoms with Gasteiger partial charge in [0.15, 0.2) is 5.96 Å². The first-order chi connectivity index (χ1) is 9.12. The Balaban J connectivity index is 2.76. The highest BCUT2D eigenvalue weighted by Gasteiger charge is 2.14. The van der Waals surface area contributed by atoms with Crippen molar-refractivity contribution in [2.45, 2.75) is 6.04 Å². The van der Waals surface area contributed by atoms with Crippen LogP contribution in [0.4, 0.5) is 0 Å². The average molecular weight is 264 g/mol. The summed E-state index contributed by atoms with van der Waals surface area (Å²) in [5, 5.41) is 6.31. The Morgan fingerprint density at radius 1 is 1.32 bits per heavy atom. The van der Waals surface area contributed by atoms with E-state index < -0.39 is 0 Å². The highest BCUT2D eigenvalue weighted by molar-refractivity contribution is 5.79. The Kier molecular flexibility index (Phi) is 6.15. The van der Waals surface area contributed by atoms with Gasteiger partial charge in [0.1, 0.15) is 5.75 Å². The van der Waals surface area contributed by atoms with Gasteiger partial charge in [-0.2, -0.15) is 0 Å². The number of guanidine groups is 1. The van der Waals surface area contributed by atoms with Gasteiger partial charge in [-0.3, -0.25) is 4.99 Å². The summed E-state index contributed by atoms with van der Waals surface area (Å²) in [6.07, 6.45) is 0. The Morgan fingerprint density at radius 2 is 1.95 bits per heavy atom. The highest BCUT2D eigenvalue weighted by Crippen LogP contribution is 2.20. The number of ether oxygens (including phenoxy) is 1. The number of aliphatic imine (C=N–C) groups is 1. The summed E-state index contributed by atoms with van der Waals surface area (Å²) in [5.74, 6) is 1.67.